The maximum atomic E-state index is 13.5. The molecule has 3 aromatic rings. The number of aromatic nitrogens is 4. The molecule has 0 amide bonds. The molecule has 1 aromatic carbocycles. The van der Waals surface area contributed by atoms with Crippen molar-refractivity contribution in [1.82, 2.24) is 19.6 Å². The van der Waals surface area contributed by atoms with Crippen molar-refractivity contribution in [3.05, 3.63) is 42.5 Å². The summed E-state index contributed by atoms with van der Waals surface area (Å²) >= 11 is 0. The van der Waals surface area contributed by atoms with Crippen molar-refractivity contribution in [3.8, 4) is 17.0 Å². The van der Waals surface area contributed by atoms with E-state index in [0.29, 0.717) is 12.3 Å². The highest BCUT2D eigenvalue weighted by Gasteiger charge is 2.31. The second-order valence-corrected chi connectivity index (χ2v) is 4.87. The molecule has 2 heterocycles. The predicted molar refractivity (Wildman–Crippen MR) is 77.0 cm³/mol. The highest BCUT2D eigenvalue weighted by atomic mass is 19.3. The van der Waals surface area contributed by atoms with Gasteiger partial charge in [-0.15, -0.1) is 10.2 Å². The van der Waals surface area contributed by atoms with Crippen LogP contribution in [0.3, 0.4) is 0 Å². The van der Waals surface area contributed by atoms with Gasteiger partial charge in [0.05, 0.1) is 18.5 Å². The van der Waals surface area contributed by atoms with Crippen molar-refractivity contribution in [2.75, 3.05) is 6.61 Å². The molecule has 22 heavy (non-hydrogen) atoms. The number of hydrogen-bond acceptors (Lipinski definition) is 4. The van der Waals surface area contributed by atoms with Crippen LogP contribution in [0.4, 0.5) is 8.78 Å². The van der Waals surface area contributed by atoms with Crippen LogP contribution in [0.25, 0.3) is 16.9 Å². The third-order valence-corrected chi connectivity index (χ3v) is 3.15. The molecular formula is C15H14F2N4O. The number of nitrogens with zero attached hydrogens (tertiary/aromatic N) is 4. The Morgan fingerprint density at radius 3 is 2.55 bits per heavy atom. The van der Waals surface area contributed by atoms with Gasteiger partial charge in [-0.1, -0.05) is 0 Å². The molecule has 5 nitrogen and oxygen atoms in total. The molecule has 0 atom stereocenters. The Morgan fingerprint density at radius 2 is 1.91 bits per heavy atom. The lowest BCUT2D eigenvalue weighted by molar-refractivity contribution is 0.00668. The first-order chi connectivity index (χ1) is 10.5. The summed E-state index contributed by atoms with van der Waals surface area (Å²) in [4.78, 5) is 4.24. The number of fused-ring (bicyclic) bond motifs is 1. The Bertz CT molecular complexity index is 793. The van der Waals surface area contributed by atoms with Gasteiger partial charge in [-0.3, -0.25) is 9.38 Å². The zero-order valence-corrected chi connectivity index (χ0v) is 12.1. The highest BCUT2D eigenvalue weighted by Crippen LogP contribution is 2.27. The van der Waals surface area contributed by atoms with Crippen LogP contribution < -0.4 is 4.74 Å². The van der Waals surface area contributed by atoms with Gasteiger partial charge in [0.25, 0.3) is 0 Å². The predicted octanol–water partition coefficient (Wildman–Crippen LogP) is 3.30. The monoisotopic (exact) mass is 304 g/mol. The lowest BCUT2D eigenvalue weighted by Crippen LogP contribution is -2.12. The Balaban J connectivity index is 2.04. The molecule has 7 heteroatoms. The minimum Gasteiger partial charge on any atom is -0.494 e. The van der Waals surface area contributed by atoms with E-state index in [1.165, 1.54) is 16.8 Å². The van der Waals surface area contributed by atoms with Crippen LogP contribution in [0.5, 0.6) is 5.75 Å². The molecule has 0 aliphatic carbocycles. The first-order valence-electron chi connectivity index (χ1n) is 6.81. The fourth-order valence-electron chi connectivity index (χ4n) is 2.14. The quantitative estimate of drug-likeness (QED) is 0.742. The van der Waals surface area contributed by atoms with Gasteiger partial charge in [0.2, 0.25) is 5.82 Å². The summed E-state index contributed by atoms with van der Waals surface area (Å²) < 4.78 is 33.7. The molecule has 0 saturated carbocycles. The molecule has 3 rings (SSSR count). The van der Waals surface area contributed by atoms with Gasteiger partial charge in [0.15, 0.2) is 5.65 Å². The molecule has 0 aliphatic rings. The van der Waals surface area contributed by atoms with Crippen molar-refractivity contribution in [1.29, 1.82) is 0 Å². The zero-order valence-electron chi connectivity index (χ0n) is 12.1. The third kappa shape index (κ3) is 2.61. The summed E-state index contributed by atoms with van der Waals surface area (Å²) in [6.07, 6.45) is 2.94. The Kier molecular flexibility index (Phi) is 3.48. The van der Waals surface area contributed by atoms with Gasteiger partial charge in [-0.25, -0.2) is 0 Å². The molecule has 2 aromatic heterocycles. The number of hydrogen-bond donors (Lipinski definition) is 0. The normalized spacial score (nSPS) is 11.8. The van der Waals surface area contributed by atoms with Crippen molar-refractivity contribution in [2.24, 2.45) is 0 Å². The molecule has 114 valence electrons. The van der Waals surface area contributed by atoms with E-state index in [4.69, 9.17) is 4.74 Å². The molecule has 0 spiro atoms. The number of ether oxygens (including phenoxy) is 1. The van der Waals surface area contributed by atoms with Crippen LogP contribution in [-0.2, 0) is 5.92 Å². The Hall–Kier alpha value is -2.57. The van der Waals surface area contributed by atoms with Gasteiger partial charge in [-0.2, -0.15) is 8.78 Å². The largest absolute Gasteiger partial charge is 0.494 e. The Labute approximate surface area is 125 Å². The van der Waals surface area contributed by atoms with Gasteiger partial charge >= 0.3 is 5.92 Å². The minimum absolute atomic E-state index is 0.284. The second-order valence-electron chi connectivity index (χ2n) is 4.87. The molecule has 0 saturated heterocycles. The maximum Gasteiger partial charge on any atom is 0.304 e. The van der Waals surface area contributed by atoms with E-state index in [-0.39, 0.29) is 5.65 Å². The average molecular weight is 304 g/mol. The summed E-state index contributed by atoms with van der Waals surface area (Å²) in [7, 11) is 0. The van der Waals surface area contributed by atoms with Crippen molar-refractivity contribution in [3.63, 3.8) is 0 Å². The first kappa shape index (κ1) is 14.4. The van der Waals surface area contributed by atoms with E-state index in [1.54, 1.807) is 0 Å². The lowest BCUT2D eigenvalue weighted by Gasteiger charge is -2.09. The van der Waals surface area contributed by atoms with Crippen molar-refractivity contribution >= 4 is 5.65 Å². The summed E-state index contributed by atoms with van der Waals surface area (Å²) in [5.74, 6) is -2.73. The fraction of sp³-hybridized carbons (Fsp3) is 0.267. The van der Waals surface area contributed by atoms with Crippen molar-refractivity contribution in [2.45, 2.75) is 19.8 Å². The van der Waals surface area contributed by atoms with Gasteiger partial charge in [0.1, 0.15) is 5.75 Å². The van der Waals surface area contributed by atoms with Crippen LogP contribution in [0, 0.1) is 0 Å². The summed E-state index contributed by atoms with van der Waals surface area (Å²) in [6.45, 7) is 3.28. The molecule has 0 aliphatic heterocycles. The fourth-order valence-corrected chi connectivity index (χ4v) is 2.14. The summed E-state index contributed by atoms with van der Waals surface area (Å²) in [5, 5.41) is 7.25. The van der Waals surface area contributed by atoms with Gasteiger partial charge < -0.3 is 4.74 Å². The number of rotatable bonds is 4. The standard InChI is InChI=1S/C15H14F2N4O/c1-3-22-11-6-4-10(5-7-11)12-9-21-13(8-18-12)19-20-14(21)15(2,16)17/h4-9H,3H2,1-2H3. The first-order valence-corrected chi connectivity index (χ1v) is 6.81. The van der Waals surface area contributed by atoms with Crippen LogP contribution in [0.15, 0.2) is 36.7 Å². The topological polar surface area (TPSA) is 52.3 Å². The molecule has 0 bridgehead atoms. The van der Waals surface area contributed by atoms with Gasteiger partial charge in [0, 0.05) is 18.7 Å². The van der Waals surface area contributed by atoms with Crippen LogP contribution in [-0.4, -0.2) is 26.2 Å². The SMILES string of the molecule is CCOc1ccc(-c2cn3c(C(C)(F)F)nnc3cn2)cc1. The van der Waals surface area contributed by atoms with Crippen molar-refractivity contribution < 1.29 is 13.5 Å². The average Bonchev–Trinajstić information content (AvgIpc) is 2.91. The highest BCUT2D eigenvalue weighted by molar-refractivity contribution is 5.60. The lowest BCUT2D eigenvalue weighted by atomic mass is 10.1. The van der Waals surface area contributed by atoms with E-state index in [9.17, 15) is 8.78 Å². The van der Waals surface area contributed by atoms with E-state index in [2.05, 4.69) is 15.2 Å². The number of benzene rings is 1. The smallest absolute Gasteiger partial charge is 0.304 e. The van der Waals surface area contributed by atoms with E-state index >= 15 is 0 Å². The molecule has 0 N–H and O–H groups in total. The molecule has 0 fully saturated rings. The molecular weight excluding hydrogens is 290 g/mol. The summed E-state index contributed by atoms with van der Waals surface area (Å²) in [6, 6.07) is 7.28. The minimum atomic E-state index is -3.07. The third-order valence-electron chi connectivity index (χ3n) is 3.15. The summed E-state index contributed by atoms with van der Waals surface area (Å²) in [5.41, 5.74) is 1.64. The molecule has 0 unspecified atom stereocenters. The second kappa shape index (κ2) is 5.32. The van der Waals surface area contributed by atoms with Crippen LogP contribution >= 0.6 is 0 Å². The van der Waals surface area contributed by atoms with Crippen LogP contribution in [0.1, 0.15) is 19.7 Å². The number of halogens is 2. The van der Waals surface area contributed by atoms with E-state index in [1.807, 2.05) is 31.2 Å². The number of alkyl halides is 2. The van der Waals surface area contributed by atoms with E-state index < -0.39 is 11.7 Å². The molecule has 0 radical (unpaired) electrons. The van der Waals surface area contributed by atoms with Crippen LogP contribution in [0.2, 0.25) is 0 Å². The van der Waals surface area contributed by atoms with Gasteiger partial charge in [-0.05, 0) is 31.2 Å². The Morgan fingerprint density at radius 1 is 1.18 bits per heavy atom. The zero-order chi connectivity index (χ0) is 15.7. The maximum absolute atomic E-state index is 13.5. The van der Waals surface area contributed by atoms with E-state index in [0.717, 1.165) is 18.2 Å².